The zero-order chi connectivity index (χ0) is 17.3. The summed E-state index contributed by atoms with van der Waals surface area (Å²) in [6.07, 6.45) is -3.80. The van der Waals surface area contributed by atoms with Gasteiger partial charge in [0.2, 0.25) is 15.9 Å². The van der Waals surface area contributed by atoms with Crippen molar-refractivity contribution < 1.29 is 31.1 Å². The second-order valence-corrected chi connectivity index (χ2v) is 6.39. The average molecular weight is 348 g/mol. The zero-order valence-electron chi connectivity index (χ0n) is 11.7. The summed E-state index contributed by atoms with van der Waals surface area (Å²) in [5.74, 6) is -1.46. The molecule has 0 radical (unpaired) electrons. The first-order valence-corrected chi connectivity index (χ1v) is 8.06. The zero-order valence-corrected chi connectivity index (χ0v) is 12.5. The molecule has 124 valence electrons. The molecule has 1 amide bonds. The molecule has 0 aliphatic carbocycles. The van der Waals surface area contributed by atoms with Crippen molar-refractivity contribution in [2.75, 3.05) is 12.9 Å². The second kappa shape index (κ2) is 6.03. The van der Waals surface area contributed by atoms with E-state index in [1.54, 1.807) is 16.9 Å². The van der Waals surface area contributed by atoms with Crippen LogP contribution in [0.5, 0.6) is 5.88 Å². The number of amides is 1. The molecule has 0 saturated heterocycles. The Morgan fingerprint density at radius 2 is 1.96 bits per heavy atom. The van der Waals surface area contributed by atoms with Crippen molar-refractivity contribution >= 4 is 26.7 Å². The number of nitrogens with zero attached hydrogens (tertiary/aromatic N) is 1. The van der Waals surface area contributed by atoms with E-state index in [0.717, 1.165) is 6.26 Å². The predicted molar refractivity (Wildman–Crippen MR) is 75.6 cm³/mol. The minimum Gasteiger partial charge on any atom is -0.468 e. The molecule has 1 aromatic heterocycles. The van der Waals surface area contributed by atoms with E-state index < -0.39 is 34.6 Å². The number of pyridine rings is 1. The summed E-state index contributed by atoms with van der Waals surface area (Å²) in [6, 6.07) is 7.45. The van der Waals surface area contributed by atoms with Crippen LogP contribution in [0.25, 0.3) is 10.8 Å². The van der Waals surface area contributed by atoms with Crippen molar-refractivity contribution in [2.45, 2.75) is 6.18 Å². The highest BCUT2D eigenvalue weighted by atomic mass is 32.2. The highest BCUT2D eigenvalue weighted by molar-refractivity contribution is 7.89. The van der Waals surface area contributed by atoms with Gasteiger partial charge in [0.05, 0.1) is 6.26 Å². The number of nitrogens with one attached hydrogen (secondary N) is 1. The van der Waals surface area contributed by atoms with Gasteiger partial charge in [0.1, 0.15) is 5.69 Å². The fourth-order valence-corrected chi connectivity index (χ4v) is 2.21. The van der Waals surface area contributed by atoms with Crippen LogP contribution < -0.4 is 9.46 Å². The van der Waals surface area contributed by atoms with Crippen LogP contribution in [0.15, 0.2) is 30.3 Å². The van der Waals surface area contributed by atoms with Crippen LogP contribution in [0.1, 0.15) is 10.5 Å². The van der Waals surface area contributed by atoms with Gasteiger partial charge in [-0.15, -0.1) is 0 Å². The van der Waals surface area contributed by atoms with E-state index >= 15 is 0 Å². The third kappa shape index (κ3) is 4.81. The molecule has 1 N–H and O–H groups in total. The van der Waals surface area contributed by atoms with E-state index in [2.05, 4.69) is 9.72 Å². The van der Waals surface area contributed by atoms with Gasteiger partial charge < -0.3 is 4.74 Å². The second-order valence-electron chi connectivity index (χ2n) is 4.64. The van der Waals surface area contributed by atoms with Crippen LogP contribution >= 0.6 is 0 Å². The number of halogens is 3. The van der Waals surface area contributed by atoms with Gasteiger partial charge in [0.15, 0.2) is 6.61 Å². The highest BCUT2D eigenvalue weighted by Gasteiger charge is 2.29. The summed E-state index contributed by atoms with van der Waals surface area (Å²) < 4.78 is 65.4. The van der Waals surface area contributed by atoms with Gasteiger partial charge in [-0.05, 0) is 17.5 Å². The lowest BCUT2D eigenvalue weighted by atomic mass is 10.1. The first-order chi connectivity index (χ1) is 10.6. The van der Waals surface area contributed by atoms with Gasteiger partial charge in [0.25, 0.3) is 5.91 Å². The Labute approximate surface area is 129 Å². The maximum atomic E-state index is 12.3. The predicted octanol–water partition coefficient (Wildman–Crippen LogP) is 1.87. The third-order valence-electron chi connectivity index (χ3n) is 2.59. The summed E-state index contributed by atoms with van der Waals surface area (Å²) in [5, 5.41) is 0.658. The Balaban J connectivity index is 2.45. The van der Waals surface area contributed by atoms with Crippen LogP contribution in [0.4, 0.5) is 13.2 Å². The molecule has 0 atom stereocenters. The van der Waals surface area contributed by atoms with Crippen LogP contribution in [0, 0.1) is 0 Å². The van der Waals surface area contributed by atoms with E-state index in [1.165, 1.54) is 18.2 Å². The molecule has 1 aromatic carbocycles. The van der Waals surface area contributed by atoms with Crippen molar-refractivity contribution in [3.63, 3.8) is 0 Å². The average Bonchev–Trinajstić information content (AvgIpc) is 2.41. The van der Waals surface area contributed by atoms with Crippen LogP contribution in [-0.4, -0.2) is 38.3 Å². The number of sulfonamides is 1. The molecule has 1 heterocycles. The number of alkyl halides is 3. The van der Waals surface area contributed by atoms with Crippen molar-refractivity contribution in [3.8, 4) is 5.88 Å². The number of rotatable bonds is 4. The molecule has 23 heavy (non-hydrogen) atoms. The third-order valence-corrected chi connectivity index (χ3v) is 3.14. The molecular weight excluding hydrogens is 337 g/mol. The lowest BCUT2D eigenvalue weighted by molar-refractivity contribution is -0.153. The fourth-order valence-electron chi connectivity index (χ4n) is 1.76. The SMILES string of the molecule is CS(=O)(=O)NC(=O)c1cc2ccccc2c(OCC(F)(F)F)n1. The van der Waals surface area contributed by atoms with E-state index in [-0.39, 0.29) is 11.1 Å². The normalized spacial score (nSPS) is 12.2. The van der Waals surface area contributed by atoms with E-state index in [0.29, 0.717) is 5.39 Å². The number of ether oxygens (including phenoxy) is 1. The molecule has 0 unspecified atom stereocenters. The Kier molecular flexibility index (Phi) is 4.46. The van der Waals surface area contributed by atoms with Crippen LogP contribution in [0.3, 0.4) is 0 Å². The molecule has 0 aliphatic rings. The molecule has 2 aromatic rings. The maximum Gasteiger partial charge on any atom is 0.422 e. The largest absolute Gasteiger partial charge is 0.468 e. The van der Waals surface area contributed by atoms with Gasteiger partial charge in [-0.1, -0.05) is 18.2 Å². The van der Waals surface area contributed by atoms with Crippen molar-refractivity contribution in [1.29, 1.82) is 0 Å². The highest BCUT2D eigenvalue weighted by Crippen LogP contribution is 2.26. The first-order valence-electron chi connectivity index (χ1n) is 6.17. The summed E-state index contributed by atoms with van der Waals surface area (Å²) >= 11 is 0. The summed E-state index contributed by atoms with van der Waals surface area (Å²) in [4.78, 5) is 15.5. The Bertz CT molecular complexity index is 850. The lowest BCUT2D eigenvalue weighted by Gasteiger charge is -2.12. The molecule has 6 nitrogen and oxygen atoms in total. The van der Waals surface area contributed by atoms with E-state index in [4.69, 9.17) is 0 Å². The summed E-state index contributed by atoms with van der Waals surface area (Å²) in [5.41, 5.74) is -0.369. The van der Waals surface area contributed by atoms with Gasteiger partial charge >= 0.3 is 6.18 Å². The van der Waals surface area contributed by atoms with Crippen molar-refractivity contribution in [3.05, 3.63) is 36.0 Å². The lowest BCUT2D eigenvalue weighted by Crippen LogP contribution is -2.30. The molecule has 0 bridgehead atoms. The monoisotopic (exact) mass is 348 g/mol. The minimum atomic E-state index is -4.58. The molecule has 0 aliphatic heterocycles. The molecular formula is C13H11F3N2O4S. The van der Waals surface area contributed by atoms with E-state index in [1.807, 2.05) is 0 Å². The number of hydrogen-bond donors (Lipinski definition) is 1. The van der Waals surface area contributed by atoms with Gasteiger partial charge in [-0.3, -0.25) is 4.79 Å². The quantitative estimate of drug-likeness (QED) is 0.912. The van der Waals surface area contributed by atoms with Crippen LogP contribution in [-0.2, 0) is 10.0 Å². The number of aromatic nitrogens is 1. The number of carbonyl (C=O) groups is 1. The first kappa shape index (κ1) is 17.0. The van der Waals surface area contributed by atoms with Gasteiger partial charge in [-0.2, -0.15) is 13.2 Å². The Morgan fingerprint density at radius 1 is 1.30 bits per heavy atom. The van der Waals surface area contributed by atoms with E-state index in [9.17, 15) is 26.4 Å². The van der Waals surface area contributed by atoms with Crippen molar-refractivity contribution in [1.82, 2.24) is 9.71 Å². The van der Waals surface area contributed by atoms with Crippen molar-refractivity contribution in [2.24, 2.45) is 0 Å². The fraction of sp³-hybridized carbons (Fsp3) is 0.231. The topological polar surface area (TPSA) is 85.4 Å². The Hall–Kier alpha value is -2.36. The van der Waals surface area contributed by atoms with Gasteiger partial charge in [-0.25, -0.2) is 18.1 Å². The van der Waals surface area contributed by atoms with Gasteiger partial charge in [0, 0.05) is 5.39 Å². The summed E-state index contributed by atoms with van der Waals surface area (Å²) in [7, 11) is -3.83. The standard InChI is InChI=1S/C13H11F3N2O4S/c1-23(20,21)18-11(19)10-6-8-4-2-3-5-9(8)12(17-10)22-7-13(14,15)16/h2-6H,7H2,1H3,(H,18,19). The maximum absolute atomic E-state index is 12.3. The molecule has 10 heteroatoms. The number of carbonyl (C=O) groups excluding carboxylic acids is 1. The molecule has 2 rings (SSSR count). The van der Waals surface area contributed by atoms with Crippen LogP contribution in [0.2, 0.25) is 0 Å². The number of hydrogen-bond acceptors (Lipinski definition) is 5. The number of fused-ring (bicyclic) bond motifs is 1. The minimum absolute atomic E-state index is 0.271. The number of benzene rings is 1. The smallest absolute Gasteiger partial charge is 0.422 e. The summed E-state index contributed by atoms with van der Waals surface area (Å²) in [6.45, 7) is -1.58. The molecule has 0 saturated carbocycles. The Morgan fingerprint density at radius 3 is 2.57 bits per heavy atom. The molecule has 0 spiro atoms. The molecule has 0 fully saturated rings.